The van der Waals surface area contributed by atoms with Crippen LogP contribution in [0.3, 0.4) is 0 Å². The Hall–Kier alpha value is 0.310. The van der Waals surface area contributed by atoms with Gasteiger partial charge in [-0.1, -0.05) is 27.2 Å². The first kappa shape index (κ1) is 14.3. The van der Waals surface area contributed by atoms with Gasteiger partial charge in [0.1, 0.15) is 0 Å². The van der Waals surface area contributed by atoms with Crippen molar-refractivity contribution in [2.24, 2.45) is 29.6 Å². The van der Waals surface area contributed by atoms with Crippen LogP contribution in [0.5, 0.6) is 0 Å². The van der Waals surface area contributed by atoms with Crippen LogP contribution in [0.1, 0.15) is 53.4 Å². The fraction of sp³-hybridized carbons (Fsp3) is 1.00. The standard InChI is InChI=1S/C17H30OS/c1-5-18-15-9-8-14-13-7-6-10(2)11(3)16(13)19-17(14)12(15)4/h10-17H,5-9H2,1-4H3. The maximum absolute atomic E-state index is 5.99. The second-order valence-corrected chi connectivity index (χ2v) is 8.60. The largest absolute Gasteiger partial charge is 0.378 e. The Balaban J connectivity index is 1.74. The van der Waals surface area contributed by atoms with Gasteiger partial charge in [-0.3, -0.25) is 0 Å². The lowest BCUT2D eigenvalue weighted by molar-refractivity contribution is -0.0147. The molecule has 8 atom stereocenters. The summed E-state index contributed by atoms with van der Waals surface area (Å²) in [6.45, 7) is 10.5. The van der Waals surface area contributed by atoms with Gasteiger partial charge >= 0.3 is 0 Å². The van der Waals surface area contributed by atoms with Crippen LogP contribution >= 0.6 is 11.8 Å². The van der Waals surface area contributed by atoms with Crippen molar-refractivity contribution in [3.8, 4) is 0 Å². The van der Waals surface area contributed by atoms with Crippen LogP contribution in [-0.2, 0) is 4.74 Å². The normalized spacial score (nSPS) is 53.7. The second kappa shape index (κ2) is 5.60. The van der Waals surface area contributed by atoms with Crippen molar-refractivity contribution < 1.29 is 4.74 Å². The van der Waals surface area contributed by atoms with E-state index in [1.165, 1.54) is 25.7 Å². The highest BCUT2D eigenvalue weighted by molar-refractivity contribution is 8.00. The van der Waals surface area contributed by atoms with Crippen LogP contribution in [-0.4, -0.2) is 23.2 Å². The molecular weight excluding hydrogens is 252 g/mol. The summed E-state index contributed by atoms with van der Waals surface area (Å²) in [6.07, 6.45) is 6.23. The Kier molecular flexibility index (Phi) is 4.20. The van der Waals surface area contributed by atoms with E-state index in [-0.39, 0.29) is 0 Å². The predicted octanol–water partition coefficient (Wildman–Crippen LogP) is 4.60. The van der Waals surface area contributed by atoms with Crippen molar-refractivity contribution in [3.05, 3.63) is 0 Å². The van der Waals surface area contributed by atoms with Crippen molar-refractivity contribution in [1.29, 1.82) is 0 Å². The molecule has 0 N–H and O–H groups in total. The first-order valence-corrected chi connectivity index (χ1v) is 9.34. The Labute approximate surface area is 123 Å². The number of ether oxygens (including phenoxy) is 1. The maximum atomic E-state index is 5.99. The smallest absolute Gasteiger partial charge is 0.0611 e. The molecule has 0 spiro atoms. The van der Waals surface area contributed by atoms with E-state index < -0.39 is 0 Å². The van der Waals surface area contributed by atoms with Gasteiger partial charge < -0.3 is 4.74 Å². The summed E-state index contributed by atoms with van der Waals surface area (Å²) < 4.78 is 5.99. The zero-order valence-corrected chi connectivity index (χ0v) is 13.8. The van der Waals surface area contributed by atoms with Crippen molar-refractivity contribution in [3.63, 3.8) is 0 Å². The molecule has 3 aliphatic rings. The minimum Gasteiger partial charge on any atom is -0.378 e. The zero-order valence-electron chi connectivity index (χ0n) is 13.0. The summed E-state index contributed by atoms with van der Waals surface area (Å²) in [5, 5.41) is 1.83. The monoisotopic (exact) mass is 282 g/mol. The molecule has 1 saturated heterocycles. The van der Waals surface area contributed by atoms with Crippen molar-refractivity contribution in [2.75, 3.05) is 6.61 Å². The maximum Gasteiger partial charge on any atom is 0.0611 e. The van der Waals surface area contributed by atoms with Crippen LogP contribution in [0.2, 0.25) is 0 Å². The minimum atomic E-state index is 0.534. The first-order valence-electron chi connectivity index (χ1n) is 8.40. The number of hydrogen-bond donors (Lipinski definition) is 0. The van der Waals surface area contributed by atoms with Gasteiger partial charge in [-0.15, -0.1) is 0 Å². The molecule has 2 aliphatic carbocycles. The highest BCUT2D eigenvalue weighted by Crippen LogP contribution is 2.58. The summed E-state index contributed by atoms with van der Waals surface area (Å²) >= 11 is 2.35. The second-order valence-electron chi connectivity index (χ2n) is 7.24. The lowest BCUT2D eigenvalue weighted by Crippen LogP contribution is -2.40. The van der Waals surface area contributed by atoms with E-state index in [1.54, 1.807) is 0 Å². The molecule has 19 heavy (non-hydrogen) atoms. The molecule has 2 saturated carbocycles. The molecule has 0 radical (unpaired) electrons. The Morgan fingerprint density at radius 1 is 0.895 bits per heavy atom. The van der Waals surface area contributed by atoms with Crippen LogP contribution in [0.15, 0.2) is 0 Å². The summed E-state index contributed by atoms with van der Waals surface area (Å²) in [7, 11) is 0. The number of thioether (sulfide) groups is 1. The van der Waals surface area contributed by atoms with Gasteiger partial charge in [-0.2, -0.15) is 11.8 Å². The van der Waals surface area contributed by atoms with Crippen LogP contribution in [0, 0.1) is 29.6 Å². The molecule has 2 heteroatoms. The third-order valence-corrected chi connectivity index (χ3v) is 8.54. The average Bonchev–Trinajstić information content (AvgIpc) is 2.78. The van der Waals surface area contributed by atoms with E-state index in [2.05, 4.69) is 39.5 Å². The van der Waals surface area contributed by atoms with Gasteiger partial charge in [0.2, 0.25) is 0 Å². The molecule has 0 bridgehead atoms. The molecule has 1 nitrogen and oxygen atoms in total. The van der Waals surface area contributed by atoms with Crippen molar-refractivity contribution >= 4 is 11.8 Å². The van der Waals surface area contributed by atoms with E-state index in [1.807, 2.05) is 0 Å². The van der Waals surface area contributed by atoms with Gasteiger partial charge in [0.25, 0.3) is 0 Å². The van der Waals surface area contributed by atoms with Crippen LogP contribution < -0.4 is 0 Å². The average molecular weight is 282 g/mol. The van der Waals surface area contributed by atoms with E-state index >= 15 is 0 Å². The van der Waals surface area contributed by atoms with E-state index in [4.69, 9.17) is 4.74 Å². The van der Waals surface area contributed by atoms with Gasteiger partial charge in [-0.05, 0) is 55.8 Å². The molecule has 3 rings (SSSR count). The molecular formula is C17H30OS. The quantitative estimate of drug-likeness (QED) is 0.732. The van der Waals surface area contributed by atoms with E-state index in [0.717, 1.165) is 46.7 Å². The van der Waals surface area contributed by atoms with Crippen LogP contribution in [0.4, 0.5) is 0 Å². The third kappa shape index (κ3) is 2.37. The fourth-order valence-electron chi connectivity index (χ4n) is 4.98. The molecule has 3 fully saturated rings. The lowest BCUT2D eigenvalue weighted by Gasteiger charge is -2.40. The zero-order chi connectivity index (χ0) is 13.6. The third-order valence-electron chi connectivity index (χ3n) is 6.35. The lowest BCUT2D eigenvalue weighted by atomic mass is 9.66. The first-order chi connectivity index (χ1) is 9.13. The molecule has 0 aromatic carbocycles. The van der Waals surface area contributed by atoms with Crippen LogP contribution in [0.25, 0.3) is 0 Å². The SMILES string of the molecule is CCOC1CCC2C3CCC(C)C(C)C3SC2C1C. The number of rotatable bonds is 2. The van der Waals surface area contributed by atoms with E-state index in [9.17, 15) is 0 Å². The molecule has 0 aromatic heterocycles. The molecule has 0 amide bonds. The van der Waals surface area contributed by atoms with Gasteiger partial charge in [-0.25, -0.2) is 0 Å². The number of fused-ring (bicyclic) bond motifs is 3. The Morgan fingerprint density at radius 3 is 2.21 bits per heavy atom. The van der Waals surface area contributed by atoms with Gasteiger partial charge in [0.15, 0.2) is 0 Å². The highest BCUT2D eigenvalue weighted by Gasteiger charge is 2.52. The number of hydrogen-bond acceptors (Lipinski definition) is 2. The van der Waals surface area contributed by atoms with E-state index in [0.29, 0.717) is 6.10 Å². The summed E-state index contributed by atoms with van der Waals surface area (Å²) in [6, 6.07) is 0. The van der Waals surface area contributed by atoms with Crippen molar-refractivity contribution in [1.82, 2.24) is 0 Å². The van der Waals surface area contributed by atoms with Crippen molar-refractivity contribution in [2.45, 2.75) is 70.0 Å². The molecule has 8 unspecified atom stereocenters. The molecule has 110 valence electrons. The summed E-state index contributed by atoms with van der Waals surface area (Å²) in [5.41, 5.74) is 0. The highest BCUT2D eigenvalue weighted by atomic mass is 32.2. The molecule has 1 heterocycles. The summed E-state index contributed by atoms with van der Waals surface area (Å²) in [4.78, 5) is 0. The van der Waals surface area contributed by atoms with Gasteiger partial charge in [0, 0.05) is 17.1 Å². The Morgan fingerprint density at radius 2 is 1.53 bits per heavy atom. The Bertz CT molecular complexity index is 318. The minimum absolute atomic E-state index is 0.534. The van der Waals surface area contributed by atoms with Gasteiger partial charge in [0.05, 0.1) is 6.10 Å². The molecule has 1 aliphatic heterocycles. The predicted molar refractivity (Wildman–Crippen MR) is 83.5 cm³/mol. The molecule has 0 aromatic rings. The topological polar surface area (TPSA) is 9.23 Å². The fourth-order valence-corrected chi connectivity index (χ4v) is 7.36. The summed E-state index contributed by atoms with van der Waals surface area (Å²) in [5.74, 6) is 4.64.